The van der Waals surface area contributed by atoms with Crippen molar-refractivity contribution in [3.8, 4) is 17.1 Å². The van der Waals surface area contributed by atoms with E-state index in [9.17, 15) is 0 Å². The largest absolute Gasteiger partial charge is 0.497 e. The highest BCUT2D eigenvalue weighted by Gasteiger charge is 2.39. The fourth-order valence-corrected chi connectivity index (χ4v) is 2.45. The number of ether oxygens (including phenoxy) is 1. The fourth-order valence-electron chi connectivity index (χ4n) is 2.45. The van der Waals surface area contributed by atoms with Crippen molar-refractivity contribution in [2.24, 2.45) is 5.92 Å². The summed E-state index contributed by atoms with van der Waals surface area (Å²) in [6.45, 7) is 2.19. The number of nitrogens with two attached hydrogens (primary N) is 1. The lowest BCUT2D eigenvalue weighted by Gasteiger charge is -2.07. The molecule has 2 N–H and O–H groups in total. The summed E-state index contributed by atoms with van der Waals surface area (Å²) in [7, 11) is 1.62. The molecule has 100 valence electrons. The zero-order valence-corrected chi connectivity index (χ0v) is 11.1. The van der Waals surface area contributed by atoms with Gasteiger partial charge in [-0.15, -0.1) is 5.10 Å². The van der Waals surface area contributed by atoms with Gasteiger partial charge in [-0.3, -0.25) is 0 Å². The lowest BCUT2D eigenvalue weighted by atomic mass is 10.1. The van der Waals surface area contributed by atoms with E-state index in [2.05, 4.69) is 22.4 Å². The van der Waals surface area contributed by atoms with Gasteiger partial charge in [0.25, 0.3) is 0 Å². The summed E-state index contributed by atoms with van der Waals surface area (Å²) in [5.41, 5.74) is 7.42. The van der Waals surface area contributed by atoms with Gasteiger partial charge in [0, 0.05) is 17.3 Å². The van der Waals surface area contributed by atoms with Gasteiger partial charge in [-0.2, -0.15) is 0 Å². The van der Waals surface area contributed by atoms with Crippen LogP contribution in [0.3, 0.4) is 0 Å². The number of aromatic nitrogens is 4. The molecular formula is C13H17N5O. The van der Waals surface area contributed by atoms with E-state index in [1.165, 1.54) is 0 Å². The molecule has 0 spiro atoms. The van der Waals surface area contributed by atoms with E-state index in [0.717, 1.165) is 24.2 Å². The van der Waals surface area contributed by atoms with Crippen LogP contribution in [-0.2, 0) is 0 Å². The predicted octanol–water partition coefficient (Wildman–Crippen LogP) is 1.90. The lowest BCUT2D eigenvalue weighted by molar-refractivity contribution is 0.415. The minimum atomic E-state index is 0.419. The molecule has 6 heteroatoms. The Kier molecular flexibility index (Phi) is 2.85. The summed E-state index contributed by atoms with van der Waals surface area (Å²) in [5.74, 6) is 2.16. The molecule has 1 aromatic carbocycles. The first-order valence-electron chi connectivity index (χ1n) is 6.45. The number of rotatable bonds is 4. The van der Waals surface area contributed by atoms with Crippen LogP contribution in [0, 0.1) is 5.92 Å². The Morgan fingerprint density at radius 2 is 2.26 bits per heavy atom. The normalized spacial score (nSPS) is 21.4. The fraction of sp³-hybridized carbons (Fsp3) is 0.462. The van der Waals surface area contributed by atoms with Gasteiger partial charge < -0.3 is 10.5 Å². The molecule has 2 aromatic rings. The van der Waals surface area contributed by atoms with Crippen molar-refractivity contribution in [1.82, 2.24) is 20.2 Å². The van der Waals surface area contributed by atoms with Crippen LogP contribution in [0.5, 0.6) is 5.75 Å². The molecule has 6 nitrogen and oxygen atoms in total. The summed E-state index contributed by atoms with van der Waals surface area (Å²) in [4.78, 5) is 0. The van der Waals surface area contributed by atoms with Crippen molar-refractivity contribution < 1.29 is 4.74 Å². The van der Waals surface area contributed by atoms with Crippen LogP contribution in [0.2, 0.25) is 0 Å². The molecule has 1 heterocycles. The Hall–Kier alpha value is -2.11. The summed E-state index contributed by atoms with van der Waals surface area (Å²) in [6.07, 6.45) is 2.30. The topological polar surface area (TPSA) is 78.9 Å². The van der Waals surface area contributed by atoms with Gasteiger partial charge in [0.15, 0.2) is 5.82 Å². The number of benzene rings is 1. The van der Waals surface area contributed by atoms with Gasteiger partial charge in [-0.25, -0.2) is 4.68 Å². The monoisotopic (exact) mass is 259 g/mol. The smallest absolute Gasteiger partial charge is 0.182 e. The van der Waals surface area contributed by atoms with E-state index < -0.39 is 0 Å². The Balaban J connectivity index is 1.99. The quantitative estimate of drug-likeness (QED) is 0.848. The molecule has 1 aliphatic rings. The van der Waals surface area contributed by atoms with Crippen molar-refractivity contribution in [3.05, 3.63) is 18.2 Å². The van der Waals surface area contributed by atoms with E-state index in [0.29, 0.717) is 23.4 Å². The maximum Gasteiger partial charge on any atom is 0.182 e. The maximum absolute atomic E-state index is 5.88. The van der Waals surface area contributed by atoms with Gasteiger partial charge in [0.1, 0.15) is 5.75 Å². The van der Waals surface area contributed by atoms with Gasteiger partial charge in [-0.1, -0.05) is 13.3 Å². The van der Waals surface area contributed by atoms with Crippen LogP contribution in [-0.4, -0.2) is 27.3 Å². The summed E-state index contributed by atoms with van der Waals surface area (Å²) < 4.78 is 7.14. The third-order valence-electron chi connectivity index (χ3n) is 3.64. The molecule has 0 amide bonds. The second-order valence-corrected chi connectivity index (χ2v) is 4.91. The Morgan fingerprint density at radius 3 is 2.95 bits per heavy atom. The maximum atomic E-state index is 5.88. The number of nitrogens with zero attached hydrogens (tertiary/aromatic N) is 4. The molecule has 2 atom stereocenters. The predicted molar refractivity (Wildman–Crippen MR) is 71.7 cm³/mol. The highest BCUT2D eigenvalue weighted by molar-refractivity contribution is 5.64. The molecule has 3 rings (SSSR count). The van der Waals surface area contributed by atoms with E-state index >= 15 is 0 Å². The Labute approximate surface area is 111 Å². The molecule has 0 saturated heterocycles. The molecule has 0 radical (unpaired) electrons. The second kappa shape index (κ2) is 4.53. The molecule has 2 unspecified atom stereocenters. The Morgan fingerprint density at radius 1 is 1.42 bits per heavy atom. The third-order valence-corrected chi connectivity index (χ3v) is 3.64. The molecule has 1 aliphatic carbocycles. The summed E-state index contributed by atoms with van der Waals surface area (Å²) in [6, 6.07) is 5.97. The first-order valence-corrected chi connectivity index (χ1v) is 6.45. The molecule has 0 aliphatic heterocycles. The summed E-state index contributed by atoms with van der Waals surface area (Å²) >= 11 is 0. The summed E-state index contributed by atoms with van der Waals surface area (Å²) in [5, 5.41) is 12.0. The van der Waals surface area contributed by atoms with E-state index in [1.54, 1.807) is 13.2 Å². The lowest BCUT2D eigenvalue weighted by Crippen LogP contribution is -2.02. The van der Waals surface area contributed by atoms with Crippen LogP contribution in [0.1, 0.15) is 25.8 Å². The molecule has 1 saturated carbocycles. The number of hydrogen-bond acceptors (Lipinski definition) is 5. The van der Waals surface area contributed by atoms with Gasteiger partial charge >= 0.3 is 0 Å². The van der Waals surface area contributed by atoms with Gasteiger partial charge in [-0.05, 0) is 34.9 Å². The SMILES string of the molecule is CCC1CC1n1nnnc1-c1cc(N)cc(OC)c1. The average molecular weight is 259 g/mol. The molecule has 0 bridgehead atoms. The first kappa shape index (κ1) is 12.0. The van der Waals surface area contributed by atoms with Gasteiger partial charge in [0.2, 0.25) is 0 Å². The van der Waals surface area contributed by atoms with Crippen LogP contribution >= 0.6 is 0 Å². The van der Waals surface area contributed by atoms with Gasteiger partial charge in [0.05, 0.1) is 13.2 Å². The number of methoxy groups -OCH3 is 1. The average Bonchev–Trinajstić information content (AvgIpc) is 3.04. The third kappa shape index (κ3) is 2.14. The molecule has 19 heavy (non-hydrogen) atoms. The molecular weight excluding hydrogens is 242 g/mol. The van der Waals surface area contributed by atoms with Crippen molar-refractivity contribution in [2.75, 3.05) is 12.8 Å². The number of anilines is 1. The van der Waals surface area contributed by atoms with Crippen LogP contribution < -0.4 is 10.5 Å². The van der Waals surface area contributed by atoms with Crippen LogP contribution in [0.4, 0.5) is 5.69 Å². The van der Waals surface area contributed by atoms with Crippen LogP contribution in [0.25, 0.3) is 11.4 Å². The van der Waals surface area contributed by atoms with Crippen molar-refractivity contribution in [2.45, 2.75) is 25.8 Å². The van der Waals surface area contributed by atoms with Crippen LogP contribution in [0.15, 0.2) is 18.2 Å². The van der Waals surface area contributed by atoms with E-state index in [4.69, 9.17) is 10.5 Å². The molecule has 1 aromatic heterocycles. The van der Waals surface area contributed by atoms with Crippen molar-refractivity contribution in [1.29, 1.82) is 0 Å². The first-order chi connectivity index (χ1) is 9.22. The zero-order chi connectivity index (χ0) is 13.4. The number of tetrazole rings is 1. The van der Waals surface area contributed by atoms with Crippen molar-refractivity contribution in [3.63, 3.8) is 0 Å². The minimum absolute atomic E-state index is 0.419. The highest BCUT2D eigenvalue weighted by atomic mass is 16.5. The van der Waals surface area contributed by atoms with E-state index in [-0.39, 0.29) is 0 Å². The number of nitrogen functional groups attached to an aromatic ring is 1. The highest BCUT2D eigenvalue weighted by Crippen LogP contribution is 2.46. The zero-order valence-electron chi connectivity index (χ0n) is 11.1. The molecule has 1 fully saturated rings. The van der Waals surface area contributed by atoms with E-state index in [1.807, 2.05) is 16.8 Å². The number of hydrogen-bond donors (Lipinski definition) is 1. The van der Waals surface area contributed by atoms with Crippen molar-refractivity contribution >= 4 is 5.69 Å². The Bertz CT molecular complexity index is 594. The minimum Gasteiger partial charge on any atom is -0.497 e. The standard InChI is InChI=1S/C13H17N5O/c1-3-8-6-12(8)18-13(15-16-17-18)9-4-10(14)7-11(5-9)19-2/h4-5,7-8,12H,3,6,14H2,1-2H3. The second-order valence-electron chi connectivity index (χ2n) is 4.91.